The standard InChI is InChI=1S/C17H28ClN3/c1-4-20(5-2)15-9-10-21(12-15)17-14(11-13(3)19)7-6-8-16(17)18/h6-8,13,15H,4-5,9-12,19H2,1-3H3. The molecule has 0 aromatic heterocycles. The van der Waals surface area contributed by atoms with Gasteiger partial charge in [-0.15, -0.1) is 0 Å². The summed E-state index contributed by atoms with van der Waals surface area (Å²) in [5.41, 5.74) is 8.47. The zero-order valence-electron chi connectivity index (χ0n) is 13.5. The molecule has 0 aliphatic carbocycles. The Morgan fingerprint density at radius 2 is 2.10 bits per heavy atom. The summed E-state index contributed by atoms with van der Waals surface area (Å²) >= 11 is 6.49. The predicted octanol–water partition coefficient (Wildman–Crippen LogP) is 3.15. The van der Waals surface area contributed by atoms with Crippen molar-refractivity contribution < 1.29 is 0 Å². The van der Waals surface area contributed by atoms with E-state index < -0.39 is 0 Å². The third-order valence-electron chi connectivity index (χ3n) is 4.42. The molecule has 21 heavy (non-hydrogen) atoms. The van der Waals surface area contributed by atoms with Crippen LogP contribution in [0.2, 0.25) is 5.02 Å². The Labute approximate surface area is 134 Å². The van der Waals surface area contributed by atoms with Crippen LogP contribution >= 0.6 is 11.6 Å². The first-order valence-corrected chi connectivity index (χ1v) is 8.46. The van der Waals surface area contributed by atoms with Crippen molar-refractivity contribution in [3.63, 3.8) is 0 Å². The Bertz CT molecular complexity index is 457. The fourth-order valence-corrected chi connectivity index (χ4v) is 3.72. The van der Waals surface area contributed by atoms with Gasteiger partial charge < -0.3 is 10.6 Å². The molecule has 2 unspecified atom stereocenters. The van der Waals surface area contributed by atoms with Crippen LogP contribution in [0.5, 0.6) is 0 Å². The Balaban J connectivity index is 2.19. The molecule has 0 spiro atoms. The van der Waals surface area contributed by atoms with Crippen LogP contribution in [0.15, 0.2) is 18.2 Å². The molecule has 1 aromatic rings. The molecule has 1 saturated heterocycles. The summed E-state index contributed by atoms with van der Waals surface area (Å²) < 4.78 is 0. The summed E-state index contributed by atoms with van der Waals surface area (Å²) in [4.78, 5) is 4.99. The minimum Gasteiger partial charge on any atom is -0.368 e. The molecule has 0 bridgehead atoms. The van der Waals surface area contributed by atoms with E-state index in [0.29, 0.717) is 6.04 Å². The lowest BCUT2D eigenvalue weighted by molar-refractivity contribution is 0.232. The first-order chi connectivity index (χ1) is 10.1. The van der Waals surface area contributed by atoms with E-state index in [2.05, 4.69) is 29.7 Å². The second kappa shape index (κ2) is 7.48. The molecule has 1 aromatic carbocycles. The molecule has 0 radical (unpaired) electrons. The fraction of sp³-hybridized carbons (Fsp3) is 0.647. The maximum Gasteiger partial charge on any atom is 0.0642 e. The molecule has 0 amide bonds. The van der Waals surface area contributed by atoms with Crippen molar-refractivity contribution in [1.29, 1.82) is 0 Å². The number of rotatable bonds is 6. The van der Waals surface area contributed by atoms with Gasteiger partial charge in [0.15, 0.2) is 0 Å². The number of anilines is 1. The molecular weight excluding hydrogens is 282 g/mol. The second-order valence-electron chi connectivity index (χ2n) is 6.04. The van der Waals surface area contributed by atoms with Gasteiger partial charge in [0.1, 0.15) is 0 Å². The summed E-state index contributed by atoms with van der Waals surface area (Å²) in [5, 5.41) is 0.855. The van der Waals surface area contributed by atoms with E-state index in [1.54, 1.807) is 0 Å². The average molecular weight is 310 g/mol. The first-order valence-electron chi connectivity index (χ1n) is 8.08. The number of benzene rings is 1. The maximum absolute atomic E-state index is 6.49. The molecule has 1 heterocycles. The number of hydrogen-bond acceptors (Lipinski definition) is 3. The molecule has 3 nitrogen and oxygen atoms in total. The summed E-state index contributed by atoms with van der Waals surface area (Å²) in [5.74, 6) is 0. The monoisotopic (exact) mass is 309 g/mol. The Morgan fingerprint density at radius 1 is 1.38 bits per heavy atom. The van der Waals surface area contributed by atoms with Gasteiger partial charge in [0, 0.05) is 25.2 Å². The SMILES string of the molecule is CCN(CC)C1CCN(c2c(Cl)cccc2CC(C)N)C1. The summed E-state index contributed by atoms with van der Waals surface area (Å²) in [6.07, 6.45) is 2.09. The van der Waals surface area contributed by atoms with Gasteiger partial charge in [-0.25, -0.2) is 0 Å². The van der Waals surface area contributed by atoms with Crippen LogP contribution in [-0.4, -0.2) is 43.2 Å². The predicted molar refractivity (Wildman–Crippen MR) is 92.3 cm³/mol. The lowest BCUT2D eigenvalue weighted by Gasteiger charge is -2.28. The van der Waals surface area contributed by atoms with Gasteiger partial charge in [-0.1, -0.05) is 37.6 Å². The largest absolute Gasteiger partial charge is 0.368 e. The van der Waals surface area contributed by atoms with E-state index in [1.807, 2.05) is 19.1 Å². The number of nitrogens with two attached hydrogens (primary N) is 1. The summed E-state index contributed by atoms with van der Waals surface area (Å²) in [6.45, 7) is 10.9. The number of nitrogens with zero attached hydrogens (tertiary/aromatic N) is 2. The van der Waals surface area contributed by atoms with Crippen LogP contribution < -0.4 is 10.6 Å². The van der Waals surface area contributed by atoms with E-state index in [0.717, 1.165) is 37.6 Å². The number of halogens is 1. The topological polar surface area (TPSA) is 32.5 Å². The van der Waals surface area contributed by atoms with Crippen LogP contribution in [0.3, 0.4) is 0 Å². The fourth-order valence-electron chi connectivity index (χ4n) is 3.41. The van der Waals surface area contributed by atoms with E-state index in [-0.39, 0.29) is 6.04 Å². The lowest BCUT2D eigenvalue weighted by atomic mass is 10.0. The minimum atomic E-state index is 0.156. The van der Waals surface area contributed by atoms with Gasteiger partial charge in [0.25, 0.3) is 0 Å². The summed E-state index contributed by atoms with van der Waals surface area (Å²) in [7, 11) is 0. The number of likely N-dealkylation sites (N-methyl/N-ethyl adjacent to an activating group) is 1. The van der Waals surface area contributed by atoms with Crippen LogP contribution in [0.1, 0.15) is 32.8 Å². The third kappa shape index (κ3) is 3.91. The molecule has 2 N–H and O–H groups in total. The van der Waals surface area contributed by atoms with Crippen molar-refractivity contribution >= 4 is 17.3 Å². The quantitative estimate of drug-likeness (QED) is 0.876. The van der Waals surface area contributed by atoms with Crippen LogP contribution in [-0.2, 0) is 6.42 Å². The second-order valence-corrected chi connectivity index (χ2v) is 6.45. The van der Waals surface area contributed by atoms with Crippen LogP contribution in [0.25, 0.3) is 0 Å². The zero-order valence-corrected chi connectivity index (χ0v) is 14.2. The van der Waals surface area contributed by atoms with Gasteiger partial charge in [0.05, 0.1) is 10.7 Å². The Morgan fingerprint density at radius 3 is 2.71 bits per heavy atom. The highest BCUT2D eigenvalue weighted by Gasteiger charge is 2.28. The highest BCUT2D eigenvalue weighted by molar-refractivity contribution is 6.33. The molecule has 1 aliphatic rings. The van der Waals surface area contributed by atoms with Crippen molar-refractivity contribution in [2.24, 2.45) is 5.73 Å². The Hall–Kier alpha value is -0.770. The molecule has 2 rings (SSSR count). The van der Waals surface area contributed by atoms with Crippen molar-refractivity contribution in [2.75, 3.05) is 31.1 Å². The van der Waals surface area contributed by atoms with Gasteiger partial charge in [0.2, 0.25) is 0 Å². The van der Waals surface area contributed by atoms with Gasteiger partial charge >= 0.3 is 0 Å². The molecular formula is C17H28ClN3. The van der Waals surface area contributed by atoms with Crippen molar-refractivity contribution in [1.82, 2.24) is 4.90 Å². The van der Waals surface area contributed by atoms with E-state index >= 15 is 0 Å². The first kappa shape index (κ1) is 16.6. The summed E-state index contributed by atoms with van der Waals surface area (Å²) in [6, 6.07) is 6.98. The molecule has 2 atom stereocenters. The van der Waals surface area contributed by atoms with Crippen molar-refractivity contribution in [2.45, 2.75) is 45.7 Å². The van der Waals surface area contributed by atoms with Gasteiger partial charge in [-0.2, -0.15) is 0 Å². The highest BCUT2D eigenvalue weighted by Crippen LogP contribution is 2.33. The molecule has 1 fully saturated rings. The van der Waals surface area contributed by atoms with Gasteiger partial charge in [-0.05, 0) is 44.5 Å². The van der Waals surface area contributed by atoms with E-state index in [9.17, 15) is 0 Å². The van der Waals surface area contributed by atoms with Gasteiger partial charge in [-0.3, -0.25) is 4.90 Å². The number of hydrogen-bond donors (Lipinski definition) is 1. The molecule has 0 saturated carbocycles. The van der Waals surface area contributed by atoms with Crippen molar-refractivity contribution in [3.05, 3.63) is 28.8 Å². The van der Waals surface area contributed by atoms with Crippen LogP contribution in [0, 0.1) is 0 Å². The van der Waals surface area contributed by atoms with E-state index in [1.165, 1.54) is 17.7 Å². The average Bonchev–Trinajstić information content (AvgIpc) is 2.89. The van der Waals surface area contributed by atoms with Crippen LogP contribution in [0.4, 0.5) is 5.69 Å². The maximum atomic E-state index is 6.49. The molecule has 118 valence electrons. The Kier molecular flexibility index (Phi) is 5.91. The van der Waals surface area contributed by atoms with Crippen molar-refractivity contribution in [3.8, 4) is 0 Å². The molecule has 4 heteroatoms. The minimum absolute atomic E-state index is 0.156. The zero-order chi connectivity index (χ0) is 15.4. The lowest BCUT2D eigenvalue weighted by Crippen LogP contribution is -2.37. The smallest absolute Gasteiger partial charge is 0.0642 e. The molecule has 1 aliphatic heterocycles. The third-order valence-corrected chi connectivity index (χ3v) is 4.73. The highest BCUT2D eigenvalue weighted by atomic mass is 35.5. The normalized spacial score (nSPS) is 20.3. The number of para-hydroxylation sites is 1. The van der Waals surface area contributed by atoms with E-state index in [4.69, 9.17) is 17.3 Å².